The van der Waals surface area contributed by atoms with Gasteiger partial charge in [0.15, 0.2) is 0 Å². The molecule has 0 spiro atoms. The SMILES string of the molecule is COCCOc1cc2c(N[C@H](C)c3cccc(C(F)(F)C(C)(C)O)c3F)nc(C)nc2cc1-c1cccnn1. The molecule has 2 N–H and O–H groups in total. The van der Waals surface area contributed by atoms with Crippen LogP contribution in [0.15, 0.2) is 48.7 Å². The van der Waals surface area contributed by atoms with Crippen LogP contribution in [0.4, 0.5) is 19.0 Å². The van der Waals surface area contributed by atoms with E-state index in [0.29, 0.717) is 46.2 Å². The van der Waals surface area contributed by atoms with Crippen molar-refractivity contribution in [2.75, 3.05) is 25.6 Å². The predicted octanol–water partition coefficient (Wildman–Crippen LogP) is 5.60. The van der Waals surface area contributed by atoms with Gasteiger partial charge in [-0.25, -0.2) is 14.4 Å². The van der Waals surface area contributed by atoms with Gasteiger partial charge in [0.05, 0.1) is 29.4 Å². The quantitative estimate of drug-likeness (QED) is 0.250. The molecule has 0 aliphatic carbocycles. The van der Waals surface area contributed by atoms with Crippen LogP contribution in [0.3, 0.4) is 0 Å². The summed E-state index contributed by atoms with van der Waals surface area (Å²) in [6.45, 7) is 5.86. The van der Waals surface area contributed by atoms with E-state index in [9.17, 15) is 13.9 Å². The van der Waals surface area contributed by atoms with E-state index in [1.165, 1.54) is 12.1 Å². The fraction of sp³-hybridized carbons (Fsp3) is 0.357. The highest BCUT2D eigenvalue weighted by Gasteiger charge is 2.49. The van der Waals surface area contributed by atoms with Gasteiger partial charge in [0.1, 0.15) is 35.4 Å². The molecule has 0 bridgehead atoms. The Morgan fingerprint density at radius 3 is 2.51 bits per heavy atom. The van der Waals surface area contributed by atoms with Crippen molar-refractivity contribution >= 4 is 16.7 Å². The first-order chi connectivity index (χ1) is 18.4. The largest absolute Gasteiger partial charge is 0.490 e. The summed E-state index contributed by atoms with van der Waals surface area (Å²) in [6, 6.07) is 10.1. The summed E-state index contributed by atoms with van der Waals surface area (Å²) in [5, 5.41) is 21.8. The molecule has 0 saturated carbocycles. The van der Waals surface area contributed by atoms with Crippen LogP contribution in [-0.4, -0.2) is 51.2 Å². The number of halogens is 3. The minimum absolute atomic E-state index is 0.00594. The summed E-state index contributed by atoms with van der Waals surface area (Å²) in [7, 11) is 1.57. The lowest BCUT2D eigenvalue weighted by atomic mass is 9.91. The Morgan fingerprint density at radius 2 is 1.85 bits per heavy atom. The van der Waals surface area contributed by atoms with Crippen molar-refractivity contribution < 1.29 is 27.8 Å². The number of nitrogens with zero attached hydrogens (tertiary/aromatic N) is 4. The average molecular weight is 542 g/mol. The van der Waals surface area contributed by atoms with Crippen LogP contribution in [-0.2, 0) is 10.7 Å². The second kappa shape index (κ2) is 11.1. The number of anilines is 1. The van der Waals surface area contributed by atoms with Crippen molar-refractivity contribution in [3.05, 3.63) is 71.4 Å². The number of methoxy groups -OCH3 is 1. The average Bonchev–Trinajstić information content (AvgIpc) is 2.88. The number of alkyl halides is 2. The molecule has 4 aromatic rings. The van der Waals surface area contributed by atoms with E-state index < -0.39 is 28.9 Å². The maximum Gasteiger partial charge on any atom is 0.303 e. The van der Waals surface area contributed by atoms with Crippen molar-refractivity contribution in [3.63, 3.8) is 0 Å². The van der Waals surface area contributed by atoms with E-state index in [1.807, 2.05) is 0 Å². The smallest absolute Gasteiger partial charge is 0.303 e. The van der Waals surface area contributed by atoms with Gasteiger partial charge in [-0.1, -0.05) is 12.1 Å². The number of aryl methyl sites for hydroxylation is 1. The van der Waals surface area contributed by atoms with Crippen LogP contribution in [0.1, 0.15) is 43.8 Å². The number of nitrogens with one attached hydrogen (secondary N) is 1. The molecule has 0 aliphatic heterocycles. The molecule has 0 saturated heterocycles. The van der Waals surface area contributed by atoms with E-state index in [4.69, 9.17) is 9.47 Å². The normalized spacial score (nSPS) is 12.9. The third-order valence-electron chi connectivity index (χ3n) is 6.26. The molecule has 206 valence electrons. The van der Waals surface area contributed by atoms with E-state index >= 15 is 4.39 Å². The molecule has 1 atom stereocenters. The van der Waals surface area contributed by atoms with Crippen molar-refractivity contribution in [2.24, 2.45) is 0 Å². The number of aliphatic hydroxyl groups is 1. The number of ether oxygens (including phenoxy) is 2. The molecule has 0 fully saturated rings. The van der Waals surface area contributed by atoms with Gasteiger partial charge in [-0.15, -0.1) is 0 Å². The number of hydrogen-bond donors (Lipinski definition) is 2. The Hall–Kier alpha value is -3.83. The maximum atomic E-state index is 15.4. The molecule has 0 amide bonds. The van der Waals surface area contributed by atoms with Crippen LogP contribution in [0, 0.1) is 12.7 Å². The zero-order valence-corrected chi connectivity index (χ0v) is 22.3. The van der Waals surface area contributed by atoms with Gasteiger partial charge in [0, 0.05) is 29.8 Å². The molecule has 11 heteroatoms. The lowest BCUT2D eigenvalue weighted by Gasteiger charge is -2.30. The monoisotopic (exact) mass is 541 g/mol. The predicted molar refractivity (Wildman–Crippen MR) is 141 cm³/mol. The zero-order chi connectivity index (χ0) is 28.4. The highest BCUT2D eigenvalue weighted by atomic mass is 19.3. The molecule has 2 aromatic heterocycles. The molecule has 8 nitrogen and oxygen atoms in total. The first-order valence-corrected chi connectivity index (χ1v) is 12.3. The van der Waals surface area contributed by atoms with E-state index in [0.717, 1.165) is 19.9 Å². The number of fused-ring (bicyclic) bond motifs is 1. The van der Waals surface area contributed by atoms with Gasteiger partial charge in [0.2, 0.25) is 0 Å². The van der Waals surface area contributed by atoms with Crippen molar-refractivity contribution in [1.82, 2.24) is 20.2 Å². The van der Waals surface area contributed by atoms with Crippen LogP contribution in [0.2, 0.25) is 0 Å². The molecule has 0 radical (unpaired) electrons. The van der Waals surface area contributed by atoms with Crippen LogP contribution in [0.5, 0.6) is 5.75 Å². The lowest BCUT2D eigenvalue weighted by molar-refractivity contribution is -0.170. The number of hydrogen-bond acceptors (Lipinski definition) is 8. The summed E-state index contributed by atoms with van der Waals surface area (Å²) in [4.78, 5) is 9.06. The Kier molecular flexibility index (Phi) is 8.03. The Balaban J connectivity index is 1.78. The van der Waals surface area contributed by atoms with E-state index in [2.05, 4.69) is 25.5 Å². The van der Waals surface area contributed by atoms with E-state index in [-0.39, 0.29) is 12.2 Å². The van der Waals surface area contributed by atoms with Crippen LogP contribution >= 0.6 is 0 Å². The first kappa shape index (κ1) is 28.2. The molecular formula is C28H30F3N5O3. The maximum absolute atomic E-state index is 15.4. The highest BCUT2D eigenvalue weighted by Crippen LogP contribution is 2.42. The fourth-order valence-electron chi connectivity index (χ4n) is 4.12. The van der Waals surface area contributed by atoms with Gasteiger partial charge in [0.25, 0.3) is 0 Å². The third kappa shape index (κ3) is 5.79. The molecule has 2 aromatic carbocycles. The molecule has 0 aliphatic rings. The summed E-state index contributed by atoms with van der Waals surface area (Å²) in [5.41, 5.74) is -1.53. The number of aromatic nitrogens is 4. The molecule has 4 rings (SSSR count). The van der Waals surface area contributed by atoms with Crippen molar-refractivity contribution in [2.45, 2.75) is 45.3 Å². The summed E-state index contributed by atoms with van der Waals surface area (Å²) >= 11 is 0. The fourth-order valence-corrected chi connectivity index (χ4v) is 4.12. The topological polar surface area (TPSA) is 102 Å². The molecule has 0 unspecified atom stereocenters. The summed E-state index contributed by atoms with van der Waals surface area (Å²) in [5.74, 6) is -3.62. The minimum atomic E-state index is -3.81. The number of benzene rings is 2. The van der Waals surface area contributed by atoms with Gasteiger partial charge < -0.3 is 19.9 Å². The molecular weight excluding hydrogens is 511 g/mol. The Morgan fingerprint density at radius 1 is 1.08 bits per heavy atom. The first-order valence-electron chi connectivity index (χ1n) is 12.3. The minimum Gasteiger partial charge on any atom is -0.490 e. The number of rotatable bonds is 10. The van der Waals surface area contributed by atoms with Gasteiger partial charge in [-0.05, 0) is 58.0 Å². The molecule has 39 heavy (non-hydrogen) atoms. The standard InChI is InChI=1S/C28H30F3N5O3/c1-16(18-8-6-9-21(25(18)29)28(30,31)27(3,4)37)33-26-20-15-24(39-13-12-38-5)19(22-10-7-11-32-36-22)14-23(20)34-17(2)35-26/h6-11,14-16,37H,12-13H2,1-5H3,(H,33,34,35)/t16-/m1/s1. The van der Waals surface area contributed by atoms with Crippen LogP contribution < -0.4 is 10.1 Å². The lowest BCUT2D eigenvalue weighted by Crippen LogP contribution is -2.41. The van der Waals surface area contributed by atoms with Gasteiger partial charge in [-0.2, -0.15) is 19.0 Å². The van der Waals surface area contributed by atoms with Crippen molar-refractivity contribution in [3.8, 4) is 17.0 Å². The Bertz CT molecular complexity index is 1460. The highest BCUT2D eigenvalue weighted by molar-refractivity contribution is 5.94. The van der Waals surface area contributed by atoms with Gasteiger partial charge >= 0.3 is 5.92 Å². The van der Waals surface area contributed by atoms with Crippen molar-refractivity contribution in [1.29, 1.82) is 0 Å². The van der Waals surface area contributed by atoms with Gasteiger partial charge in [-0.3, -0.25) is 0 Å². The summed E-state index contributed by atoms with van der Waals surface area (Å²) < 4.78 is 56.2. The second-order valence-electron chi connectivity index (χ2n) is 9.64. The van der Waals surface area contributed by atoms with E-state index in [1.54, 1.807) is 51.4 Å². The zero-order valence-electron chi connectivity index (χ0n) is 22.3. The van der Waals surface area contributed by atoms with Crippen LogP contribution in [0.25, 0.3) is 22.2 Å². The third-order valence-corrected chi connectivity index (χ3v) is 6.26. The second-order valence-corrected chi connectivity index (χ2v) is 9.64. The Labute approximate surface area is 224 Å². The summed E-state index contributed by atoms with van der Waals surface area (Å²) in [6.07, 6.45) is 1.57. The molecule has 2 heterocycles.